The highest BCUT2D eigenvalue weighted by Gasteiger charge is 2.56. The van der Waals surface area contributed by atoms with Gasteiger partial charge in [0.15, 0.2) is 0 Å². The summed E-state index contributed by atoms with van der Waals surface area (Å²) in [4.78, 5) is 17.0. The van der Waals surface area contributed by atoms with Gasteiger partial charge in [-0.25, -0.2) is 4.79 Å². The number of urea groups is 1. The number of benzene rings is 1. The van der Waals surface area contributed by atoms with Crippen LogP contribution in [-0.2, 0) is 4.74 Å². The van der Waals surface area contributed by atoms with Gasteiger partial charge in [-0.2, -0.15) is 0 Å². The van der Waals surface area contributed by atoms with Crippen LogP contribution in [0.2, 0.25) is 0 Å². The first kappa shape index (κ1) is 20.5. The molecule has 3 fully saturated rings. The molecule has 2 heterocycles. The summed E-state index contributed by atoms with van der Waals surface area (Å²) in [6.45, 7) is 6.25. The zero-order chi connectivity index (χ0) is 20.3. The number of piperidine rings is 1. The summed E-state index contributed by atoms with van der Waals surface area (Å²) in [7, 11) is 0. The quantitative estimate of drug-likeness (QED) is 0.804. The molecule has 29 heavy (non-hydrogen) atoms. The molecule has 0 bridgehead atoms. The summed E-state index contributed by atoms with van der Waals surface area (Å²) in [6, 6.07) is 8.19. The number of carbonyl (C=O) groups is 1. The van der Waals surface area contributed by atoms with E-state index in [1.165, 1.54) is 31.4 Å². The largest absolute Gasteiger partial charge is 0.392 e. The molecule has 160 valence electrons. The zero-order valence-electron chi connectivity index (χ0n) is 17.6. The second-order valence-corrected chi connectivity index (χ2v) is 8.79. The Morgan fingerprint density at radius 1 is 1.10 bits per heavy atom. The molecule has 1 spiro atoms. The molecule has 1 aliphatic carbocycles. The summed E-state index contributed by atoms with van der Waals surface area (Å²) in [5.74, 6) is 0. The first-order valence-corrected chi connectivity index (χ1v) is 11.3. The molecule has 2 N–H and O–H groups in total. The van der Waals surface area contributed by atoms with E-state index >= 15 is 0 Å². The monoisotopic (exact) mass is 401 g/mol. The lowest BCUT2D eigenvalue weighted by Gasteiger charge is -2.56. The summed E-state index contributed by atoms with van der Waals surface area (Å²) in [6.07, 6.45) is 7.34. The van der Waals surface area contributed by atoms with Crippen molar-refractivity contribution in [3.05, 3.63) is 24.3 Å². The topological polar surface area (TPSA) is 65.0 Å². The number of amides is 2. The van der Waals surface area contributed by atoms with Crippen LogP contribution in [0.4, 0.5) is 16.2 Å². The number of likely N-dealkylation sites (tertiary alicyclic amines) is 1. The van der Waals surface area contributed by atoms with E-state index in [1.807, 2.05) is 24.0 Å². The van der Waals surface area contributed by atoms with Gasteiger partial charge in [-0.15, -0.1) is 0 Å². The van der Waals surface area contributed by atoms with Gasteiger partial charge in [-0.3, -0.25) is 0 Å². The van der Waals surface area contributed by atoms with Gasteiger partial charge >= 0.3 is 6.03 Å². The molecule has 6 nitrogen and oxygen atoms in total. The van der Waals surface area contributed by atoms with Crippen LogP contribution in [0, 0.1) is 5.41 Å². The lowest BCUT2D eigenvalue weighted by molar-refractivity contribution is -0.207. The van der Waals surface area contributed by atoms with Crippen molar-refractivity contribution >= 4 is 17.4 Å². The van der Waals surface area contributed by atoms with Gasteiger partial charge < -0.3 is 25.0 Å². The number of nitrogens with one attached hydrogen (secondary N) is 1. The third kappa shape index (κ3) is 4.24. The smallest absolute Gasteiger partial charge is 0.321 e. The predicted octanol–water partition coefficient (Wildman–Crippen LogP) is 3.85. The molecule has 0 radical (unpaired) electrons. The van der Waals surface area contributed by atoms with Crippen molar-refractivity contribution in [2.45, 2.75) is 64.1 Å². The van der Waals surface area contributed by atoms with Crippen molar-refractivity contribution in [1.82, 2.24) is 4.90 Å². The highest BCUT2D eigenvalue weighted by molar-refractivity contribution is 5.89. The maximum absolute atomic E-state index is 12.7. The minimum Gasteiger partial charge on any atom is -0.392 e. The molecule has 3 aliphatic rings. The Bertz CT molecular complexity index is 675. The second-order valence-electron chi connectivity index (χ2n) is 8.79. The van der Waals surface area contributed by atoms with Gasteiger partial charge in [0.2, 0.25) is 0 Å². The Kier molecular flexibility index (Phi) is 6.30. The van der Waals surface area contributed by atoms with Gasteiger partial charge in [-0.1, -0.05) is 12.8 Å². The molecule has 1 aromatic carbocycles. The lowest BCUT2D eigenvalue weighted by Crippen LogP contribution is -2.63. The van der Waals surface area contributed by atoms with Gasteiger partial charge in [0.25, 0.3) is 0 Å². The fourth-order valence-corrected chi connectivity index (χ4v) is 5.23. The SMILES string of the molecule is CCO[C@H]1C[C@H](O)C12CCN(C(=O)Nc1ccc(N3CCCCCC3)cc1)CC2. The van der Waals surface area contributed by atoms with Crippen LogP contribution in [0.5, 0.6) is 0 Å². The second kappa shape index (κ2) is 8.92. The fourth-order valence-electron chi connectivity index (χ4n) is 5.23. The van der Waals surface area contributed by atoms with Gasteiger partial charge in [-0.05, 0) is 56.9 Å². The Labute approximate surface area is 174 Å². The number of hydrogen-bond acceptors (Lipinski definition) is 4. The summed E-state index contributed by atoms with van der Waals surface area (Å²) < 4.78 is 5.82. The Morgan fingerprint density at radius 2 is 1.76 bits per heavy atom. The fraction of sp³-hybridized carbons (Fsp3) is 0.696. The van der Waals surface area contributed by atoms with Crippen LogP contribution in [0.1, 0.15) is 51.9 Å². The highest BCUT2D eigenvalue weighted by Crippen LogP contribution is 2.50. The molecule has 2 saturated heterocycles. The first-order valence-electron chi connectivity index (χ1n) is 11.3. The number of aliphatic hydroxyl groups is 1. The van der Waals surface area contributed by atoms with Crippen molar-refractivity contribution in [3.8, 4) is 0 Å². The maximum atomic E-state index is 12.7. The van der Waals surface area contributed by atoms with Gasteiger partial charge in [0, 0.05) is 56.0 Å². The van der Waals surface area contributed by atoms with Crippen LogP contribution >= 0.6 is 0 Å². The molecule has 2 aliphatic heterocycles. The predicted molar refractivity (Wildman–Crippen MR) is 115 cm³/mol. The van der Waals surface area contributed by atoms with Crippen molar-refractivity contribution in [2.75, 3.05) is 43.0 Å². The van der Waals surface area contributed by atoms with Crippen LogP contribution in [-0.4, -0.2) is 61.0 Å². The van der Waals surface area contributed by atoms with E-state index in [2.05, 4.69) is 22.3 Å². The lowest BCUT2D eigenvalue weighted by atomic mass is 9.58. The van der Waals surface area contributed by atoms with Crippen LogP contribution in [0.3, 0.4) is 0 Å². The number of nitrogens with zero attached hydrogens (tertiary/aromatic N) is 2. The van der Waals surface area contributed by atoms with Crippen LogP contribution in [0.15, 0.2) is 24.3 Å². The third-order valence-corrected chi connectivity index (χ3v) is 7.18. The minimum atomic E-state index is -0.296. The van der Waals surface area contributed by atoms with Crippen molar-refractivity contribution < 1.29 is 14.6 Å². The average Bonchev–Trinajstić information content (AvgIpc) is 3.04. The zero-order valence-corrected chi connectivity index (χ0v) is 17.6. The van der Waals surface area contributed by atoms with Crippen molar-refractivity contribution in [1.29, 1.82) is 0 Å². The molecular weight excluding hydrogens is 366 g/mol. The number of anilines is 2. The Hall–Kier alpha value is -1.79. The third-order valence-electron chi connectivity index (χ3n) is 7.18. The van der Waals surface area contributed by atoms with Crippen molar-refractivity contribution in [2.24, 2.45) is 5.41 Å². The number of aliphatic hydroxyl groups excluding tert-OH is 1. The molecule has 2 atom stereocenters. The van der Waals surface area contributed by atoms with E-state index in [9.17, 15) is 9.90 Å². The molecule has 1 saturated carbocycles. The molecule has 1 aromatic rings. The minimum absolute atomic E-state index is 0.0517. The Balaban J connectivity index is 1.30. The standard InChI is InChI=1S/C23H35N3O3/c1-2-29-21-17-20(27)23(21)11-15-26(16-12-23)22(28)24-18-7-9-19(10-8-18)25-13-5-3-4-6-14-25/h7-10,20-21,27H,2-6,11-17H2,1H3,(H,24,28)/t20-,21-/m0/s1. The molecular formula is C23H35N3O3. The number of carbonyl (C=O) groups excluding carboxylic acids is 1. The summed E-state index contributed by atoms with van der Waals surface area (Å²) >= 11 is 0. The maximum Gasteiger partial charge on any atom is 0.321 e. The van der Waals surface area contributed by atoms with E-state index in [1.54, 1.807) is 0 Å². The number of rotatable bonds is 4. The normalized spacial score (nSPS) is 26.7. The molecule has 6 heteroatoms. The molecule has 0 unspecified atom stereocenters. The molecule has 4 rings (SSSR count). The highest BCUT2D eigenvalue weighted by atomic mass is 16.5. The van der Waals surface area contributed by atoms with E-state index in [0.717, 1.165) is 38.0 Å². The average molecular weight is 402 g/mol. The summed E-state index contributed by atoms with van der Waals surface area (Å²) in [5.41, 5.74) is 1.93. The molecule has 2 amide bonds. The van der Waals surface area contributed by atoms with E-state index in [4.69, 9.17) is 4.74 Å². The first-order chi connectivity index (χ1) is 14.1. The van der Waals surface area contributed by atoms with E-state index in [0.29, 0.717) is 19.7 Å². The van der Waals surface area contributed by atoms with Gasteiger partial charge in [0.05, 0.1) is 12.2 Å². The van der Waals surface area contributed by atoms with Crippen LogP contribution < -0.4 is 10.2 Å². The Morgan fingerprint density at radius 3 is 2.34 bits per heavy atom. The van der Waals surface area contributed by atoms with Gasteiger partial charge in [0.1, 0.15) is 0 Å². The summed E-state index contributed by atoms with van der Waals surface area (Å²) in [5, 5.41) is 13.4. The number of hydrogen-bond donors (Lipinski definition) is 2. The van der Waals surface area contributed by atoms with E-state index in [-0.39, 0.29) is 23.7 Å². The van der Waals surface area contributed by atoms with Crippen molar-refractivity contribution in [3.63, 3.8) is 0 Å². The molecule has 0 aromatic heterocycles. The number of ether oxygens (including phenoxy) is 1. The van der Waals surface area contributed by atoms with E-state index < -0.39 is 0 Å². The van der Waals surface area contributed by atoms with Crippen LogP contribution in [0.25, 0.3) is 0 Å².